The molecule has 4 heteroatoms. The van der Waals surface area contributed by atoms with Gasteiger partial charge in [-0.25, -0.2) is 4.98 Å². The Morgan fingerprint density at radius 3 is 2.89 bits per heavy atom. The van der Waals surface area contributed by atoms with E-state index in [-0.39, 0.29) is 0 Å². The molecule has 0 aliphatic carbocycles. The van der Waals surface area contributed by atoms with E-state index in [1.165, 1.54) is 0 Å². The first-order valence-electron chi connectivity index (χ1n) is 5.86. The van der Waals surface area contributed by atoms with E-state index in [1.807, 2.05) is 42.6 Å². The number of nitrogens with zero attached hydrogens (tertiary/aromatic N) is 2. The molecule has 0 amide bonds. The van der Waals surface area contributed by atoms with E-state index in [2.05, 4.69) is 9.97 Å². The molecule has 0 aliphatic heterocycles. The summed E-state index contributed by atoms with van der Waals surface area (Å²) in [5, 5.41) is 1.14. The van der Waals surface area contributed by atoms with Crippen molar-refractivity contribution in [2.24, 2.45) is 0 Å². The van der Waals surface area contributed by atoms with Crippen molar-refractivity contribution >= 4 is 27.2 Å². The van der Waals surface area contributed by atoms with Gasteiger partial charge in [0.05, 0.1) is 15.2 Å². The zero-order chi connectivity index (χ0) is 12.4. The van der Waals surface area contributed by atoms with E-state index in [1.54, 1.807) is 11.3 Å². The number of nitrogen functional groups attached to an aromatic ring is 1. The fourth-order valence-corrected chi connectivity index (χ4v) is 2.89. The number of aromatic nitrogens is 2. The normalized spacial score (nSPS) is 10.9. The molecule has 90 valence electrons. The van der Waals surface area contributed by atoms with Crippen molar-refractivity contribution in [1.29, 1.82) is 0 Å². The molecule has 0 spiro atoms. The monoisotopic (exact) mass is 255 g/mol. The molecular weight excluding hydrogens is 242 g/mol. The largest absolute Gasteiger partial charge is 0.399 e. The number of anilines is 1. The van der Waals surface area contributed by atoms with Crippen LogP contribution >= 0.6 is 11.3 Å². The Bertz CT molecular complexity index is 661. The first-order valence-corrected chi connectivity index (χ1v) is 6.68. The number of fused-ring (bicyclic) bond motifs is 1. The topological polar surface area (TPSA) is 51.8 Å². The standard InChI is InChI=1S/C14H13N3S/c15-10-4-6-12-13(9-10)18-14(17-12)7-5-11-3-1-2-8-16-11/h1-4,6,8-9H,5,7,15H2. The lowest BCUT2D eigenvalue weighted by atomic mass is 10.2. The van der Waals surface area contributed by atoms with E-state index in [0.29, 0.717) is 0 Å². The van der Waals surface area contributed by atoms with Crippen molar-refractivity contribution in [3.8, 4) is 0 Å². The average molecular weight is 255 g/mol. The van der Waals surface area contributed by atoms with Gasteiger partial charge >= 0.3 is 0 Å². The van der Waals surface area contributed by atoms with E-state index < -0.39 is 0 Å². The van der Waals surface area contributed by atoms with Gasteiger partial charge in [-0.1, -0.05) is 6.07 Å². The Balaban J connectivity index is 1.79. The summed E-state index contributed by atoms with van der Waals surface area (Å²) in [5.41, 5.74) is 8.70. The number of hydrogen-bond acceptors (Lipinski definition) is 4. The van der Waals surface area contributed by atoms with Crippen LogP contribution in [0.25, 0.3) is 10.2 Å². The van der Waals surface area contributed by atoms with Crippen LogP contribution in [0.2, 0.25) is 0 Å². The van der Waals surface area contributed by atoms with Crippen molar-refractivity contribution < 1.29 is 0 Å². The van der Waals surface area contributed by atoms with Crippen molar-refractivity contribution in [1.82, 2.24) is 9.97 Å². The SMILES string of the molecule is Nc1ccc2nc(CCc3ccccn3)sc2c1. The van der Waals surface area contributed by atoms with Crippen molar-refractivity contribution in [3.63, 3.8) is 0 Å². The van der Waals surface area contributed by atoms with E-state index >= 15 is 0 Å². The highest BCUT2D eigenvalue weighted by Gasteiger charge is 2.04. The molecule has 0 aliphatic rings. The zero-order valence-corrected chi connectivity index (χ0v) is 10.7. The average Bonchev–Trinajstić information content (AvgIpc) is 2.79. The van der Waals surface area contributed by atoms with Gasteiger partial charge in [-0.2, -0.15) is 0 Å². The molecule has 2 aromatic heterocycles. The fraction of sp³-hybridized carbons (Fsp3) is 0.143. The quantitative estimate of drug-likeness (QED) is 0.732. The lowest BCUT2D eigenvalue weighted by molar-refractivity contribution is 0.906. The van der Waals surface area contributed by atoms with Crippen molar-refractivity contribution in [2.75, 3.05) is 5.73 Å². The number of hydrogen-bond donors (Lipinski definition) is 1. The summed E-state index contributed by atoms with van der Waals surface area (Å²) in [4.78, 5) is 8.92. The van der Waals surface area contributed by atoms with Gasteiger partial charge in [-0.15, -0.1) is 11.3 Å². The maximum atomic E-state index is 5.77. The predicted octanol–water partition coefficient (Wildman–Crippen LogP) is 3.06. The summed E-state index contributed by atoms with van der Waals surface area (Å²) in [6, 6.07) is 11.9. The maximum Gasteiger partial charge on any atom is 0.0942 e. The maximum absolute atomic E-state index is 5.77. The molecule has 18 heavy (non-hydrogen) atoms. The molecular formula is C14H13N3S. The van der Waals surface area contributed by atoms with Gasteiger partial charge < -0.3 is 5.73 Å². The summed E-state index contributed by atoms with van der Waals surface area (Å²) >= 11 is 1.71. The number of benzene rings is 1. The highest BCUT2D eigenvalue weighted by Crippen LogP contribution is 2.24. The first-order chi connectivity index (χ1) is 8.81. The Labute approximate surface area is 109 Å². The number of nitrogens with two attached hydrogens (primary N) is 1. The second kappa shape index (κ2) is 4.74. The number of pyridine rings is 1. The van der Waals surface area contributed by atoms with Crippen LogP contribution in [-0.4, -0.2) is 9.97 Å². The third kappa shape index (κ3) is 2.33. The van der Waals surface area contributed by atoms with Crippen LogP contribution in [0.3, 0.4) is 0 Å². The molecule has 0 unspecified atom stereocenters. The van der Waals surface area contributed by atoms with Gasteiger partial charge in [0.1, 0.15) is 0 Å². The molecule has 0 radical (unpaired) electrons. The van der Waals surface area contributed by atoms with E-state index in [4.69, 9.17) is 5.73 Å². The lowest BCUT2D eigenvalue weighted by Crippen LogP contribution is -1.92. The molecule has 1 aromatic carbocycles. The van der Waals surface area contributed by atoms with Crippen LogP contribution in [0, 0.1) is 0 Å². The summed E-state index contributed by atoms with van der Waals surface area (Å²) in [6.45, 7) is 0. The fourth-order valence-electron chi connectivity index (χ4n) is 1.88. The van der Waals surface area contributed by atoms with Gasteiger partial charge in [0.25, 0.3) is 0 Å². The Hall–Kier alpha value is -1.94. The minimum Gasteiger partial charge on any atom is -0.399 e. The van der Waals surface area contributed by atoms with Crippen LogP contribution < -0.4 is 5.73 Å². The second-order valence-corrected chi connectivity index (χ2v) is 5.27. The van der Waals surface area contributed by atoms with Crippen molar-refractivity contribution in [3.05, 3.63) is 53.3 Å². The molecule has 0 saturated carbocycles. The smallest absolute Gasteiger partial charge is 0.0942 e. The highest BCUT2D eigenvalue weighted by atomic mass is 32.1. The molecule has 2 N–H and O–H groups in total. The Kier molecular flexibility index (Phi) is 2.94. The van der Waals surface area contributed by atoms with Crippen LogP contribution in [0.4, 0.5) is 5.69 Å². The molecule has 0 fully saturated rings. The molecule has 3 aromatic rings. The van der Waals surface area contributed by atoms with E-state index in [9.17, 15) is 0 Å². The summed E-state index contributed by atoms with van der Waals surface area (Å²) in [6.07, 6.45) is 3.68. The zero-order valence-electron chi connectivity index (χ0n) is 9.84. The third-order valence-corrected chi connectivity index (χ3v) is 3.86. The highest BCUT2D eigenvalue weighted by molar-refractivity contribution is 7.18. The Morgan fingerprint density at radius 2 is 2.06 bits per heavy atom. The molecule has 0 atom stereocenters. The van der Waals surface area contributed by atoms with Crippen molar-refractivity contribution in [2.45, 2.75) is 12.8 Å². The predicted molar refractivity (Wildman–Crippen MR) is 75.7 cm³/mol. The second-order valence-electron chi connectivity index (χ2n) is 4.16. The van der Waals surface area contributed by atoms with Gasteiger partial charge in [0.15, 0.2) is 0 Å². The molecule has 0 saturated heterocycles. The Morgan fingerprint density at radius 1 is 1.11 bits per heavy atom. The van der Waals surface area contributed by atoms with E-state index in [0.717, 1.165) is 39.4 Å². The van der Waals surface area contributed by atoms with Crippen LogP contribution in [0.1, 0.15) is 10.7 Å². The van der Waals surface area contributed by atoms with Gasteiger partial charge in [0.2, 0.25) is 0 Å². The van der Waals surface area contributed by atoms with Gasteiger partial charge in [-0.3, -0.25) is 4.98 Å². The minimum atomic E-state index is 0.794. The van der Waals surface area contributed by atoms with Crippen LogP contribution in [0.15, 0.2) is 42.6 Å². The number of rotatable bonds is 3. The number of aryl methyl sites for hydroxylation is 2. The minimum absolute atomic E-state index is 0.794. The molecule has 0 bridgehead atoms. The summed E-state index contributed by atoms with van der Waals surface area (Å²) in [7, 11) is 0. The molecule has 3 rings (SSSR count). The van der Waals surface area contributed by atoms with Gasteiger partial charge in [0, 0.05) is 24.0 Å². The summed E-state index contributed by atoms with van der Waals surface area (Å²) in [5.74, 6) is 0. The molecule has 2 heterocycles. The van der Waals surface area contributed by atoms with Crippen LogP contribution in [0.5, 0.6) is 0 Å². The lowest BCUT2D eigenvalue weighted by Gasteiger charge is -1.96. The first kappa shape index (κ1) is 11.2. The number of thiazole rings is 1. The van der Waals surface area contributed by atoms with Crippen LogP contribution in [-0.2, 0) is 12.8 Å². The summed E-state index contributed by atoms with van der Waals surface area (Å²) < 4.78 is 1.16. The molecule has 3 nitrogen and oxygen atoms in total. The third-order valence-electron chi connectivity index (χ3n) is 2.78. The van der Waals surface area contributed by atoms with Gasteiger partial charge in [-0.05, 0) is 36.8 Å².